The highest BCUT2D eigenvalue weighted by atomic mass is 19.1. The van der Waals surface area contributed by atoms with E-state index >= 15 is 0 Å². The van der Waals surface area contributed by atoms with Gasteiger partial charge in [-0.05, 0) is 24.7 Å². The Bertz CT molecular complexity index is 422. The molecule has 1 saturated heterocycles. The van der Waals surface area contributed by atoms with Crippen molar-refractivity contribution in [3.63, 3.8) is 0 Å². The molecule has 1 aliphatic heterocycles. The molecule has 1 aromatic rings. The fraction of sp³-hybridized carbons (Fsp3) is 0.462. The van der Waals surface area contributed by atoms with E-state index in [-0.39, 0.29) is 5.82 Å². The summed E-state index contributed by atoms with van der Waals surface area (Å²) in [5.41, 5.74) is 1.00. The molecule has 1 fully saturated rings. The van der Waals surface area contributed by atoms with Crippen LogP contribution in [0.25, 0.3) is 0 Å². The number of aliphatic carboxylic acids is 1. The number of halogens is 1. The third-order valence-corrected chi connectivity index (χ3v) is 3.34. The second-order valence-corrected chi connectivity index (χ2v) is 4.70. The zero-order valence-electron chi connectivity index (χ0n) is 10.3. The van der Waals surface area contributed by atoms with Gasteiger partial charge in [-0.15, -0.1) is 0 Å². The molecule has 5 heteroatoms. The predicted molar refractivity (Wildman–Crippen MR) is 65.7 cm³/mol. The first kappa shape index (κ1) is 13.0. The number of hydrogen-bond donors (Lipinski definition) is 1. The average molecular weight is 252 g/mol. The van der Waals surface area contributed by atoms with Crippen molar-refractivity contribution in [2.75, 3.05) is 26.7 Å². The summed E-state index contributed by atoms with van der Waals surface area (Å²) in [5, 5.41) is 9.11. The smallest absolute Gasteiger partial charge is 0.322 e. The molecule has 1 aromatic carbocycles. The number of likely N-dealkylation sites (N-methyl/N-ethyl adjacent to an activating group) is 1. The van der Waals surface area contributed by atoms with Crippen LogP contribution < -0.4 is 0 Å². The summed E-state index contributed by atoms with van der Waals surface area (Å²) in [6.07, 6.45) is 0. The fourth-order valence-corrected chi connectivity index (χ4v) is 2.19. The lowest BCUT2D eigenvalue weighted by atomic mass is 10.1. The van der Waals surface area contributed by atoms with Crippen molar-refractivity contribution < 1.29 is 14.3 Å². The summed E-state index contributed by atoms with van der Waals surface area (Å²) < 4.78 is 12.8. The summed E-state index contributed by atoms with van der Waals surface area (Å²) in [6, 6.07) is 5.88. The molecule has 4 nitrogen and oxygen atoms in total. The third-order valence-electron chi connectivity index (χ3n) is 3.34. The molecule has 1 N–H and O–H groups in total. The number of rotatable bonds is 3. The minimum absolute atomic E-state index is 0.250. The zero-order valence-corrected chi connectivity index (χ0v) is 10.3. The van der Waals surface area contributed by atoms with E-state index in [2.05, 4.69) is 4.90 Å². The lowest BCUT2D eigenvalue weighted by Crippen LogP contribution is -2.54. The first-order chi connectivity index (χ1) is 8.56. The Labute approximate surface area is 106 Å². The van der Waals surface area contributed by atoms with Crippen LogP contribution in [0.2, 0.25) is 0 Å². The summed E-state index contributed by atoms with van der Waals surface area (Å²) in [6.45, 7) is 2.73. The minimum Gasteiger partial charge on any atom is -0.480 e. The molecule has 98 valence electrons. The Hall–Kier alpha value is -1.46. The molecule has 0 spiro atoms. The van der Waals surface area contributed by atoms with E-state index in [0.29, 0.717) is 13.1 Å². The van der Waals surface area contributed by atoms with Crippen LogP contribution in [-0.4, -0.2) is 53.6 Å². The van der Waals surface area contributed by atoms with Crippen molar-refractivity contribution in [1.82, 2.24) is 9.80 Å². The first-order valence-electron chi connectivity index (χ1n) is 5.96. The van der Waals surface area contributed by atoms with Gasteiger partial charge in [-0.3, -0.25) is 14.6 Å². The quantitative estimate of drug-likeness (QED) is 0.872. The SMILES string of the molecule is CN1CCN(Cc2ccc(F)cc2)CC1C(=O)O. The first-order valence-corrected chi connectivity index (χ1v) is 5.96. The van der Waals surface area contributed by atoms with Crippen molar-refractivity contribution in [2.24, 2.45) is 0 Å². The maximum atomic E-state index is 12.8. The Morgan fingerprint density at radius 3 is 2.67 bits per heavy atom. The van der Waals surface area contributed by atoms with Gasteiger partial charge < -0.3 is 5.11 Å². The highest BCUT2D eigenvalue weighted by molar-refractivity contribution is 5.73. The lowest BCUT2D eigenvalue weighted by Gasteiger charge is -2.37. The second kappa shape index (κ2) is 5.46. The van der Waals surface area contributed by atoms with E-state index in [1.54, 1.807) is 12.1 Å². The highest BCUT2D eigenvalue weighted by Crippen LogP contribution is 2.12. The topological polar surface area (TPSA) is 43.8 Å². The Morgan fingerprint density at radius 2 is 2.06 bits per heavy atom. The van der Waals surface area contributed by atoms with E-state index in [1.807, 2.05) is 11.9 Å². The van der Waals surface area contributed by atoms with E-state index in [9.17, 15) is 9.18 Å². The molecule has 1 heterocycles. The molecule has 0 amide bonds. The normalized spacial score (nSPS) is 22.0. The molecule has 1 aliphatic rings. The molecule has 0 aromatic heterocycles. The van der Waals surface area contributed by atoms with Crippen LogP contribution in [0, 0.1) is 5.82 Å². The molecular formula is C13H17FN2O2. The average Bonchev–Trinajstić information content (AvgIpc) is 2.34. The number of piperazine rings is 1. The van der Waals surface area contributed by atoms with Gasteiger partial charge in [0.2, 0.25) is 0 Å². The number of benzene rings is 1. The van der Waals surface area contributed by atoms with Gasteiger partial charge in [0, 0.05) is 26.2 Å². The van der Waals surface area contributed by atoms with Crippen molar-refractivity contribution in [2.45, 2.75) is 12.6 Å². The van der Waals surface area contributed by atoms with E-state index in [4.69, 9.17) is 5.11 Å². The number of carboxylic acids is 1. The molecule has 0 radical (unpaired) electrons. The van der Waals surface area contributed by atoms with E-state index in [1.165, 1.54) is 12.1 Å². The van der Waals surface area contributed by atoms with Gasteiger partial charge in [-0.25, -0.2) is 4.39 Å². The molecule has 1 unspecified atom stereocenters. The Kier molecular flexibility index (Phi) is 3.93. The zero-order chi connectivity index (χ0) is 13.1. The summed E-state index contributed by atoms with van der Waals surface area (Å²) >= 11 is 0. The Balaban J connectivity index is 1.98. The fourth-order valence-electron chi connectivity index (χ4n) is 2.19. The van der Waals surface area contributed by atoms with Gasteiger partial charge in [-0.1, -0.05) is 12.1 Å². The van der Waals surface area contributed by atoms with Gasteiger partial charge in [0.15, 0.2) is 0 Å². The monoisotopic (exact) mass is 252 g/mol. The van der Waals surface area contributed by atoms with Gasteiger partial charge in [0.25, 0.3) is 0 Å². The maximum absolute atomic E-state index is 12.8. The molecule has 0 saturated carbocycles. The van der Waals surface area contributed by atoms with Gasteiger partial charge in [-0.2, -0.15) is 0 Å². The van der Waals surface area contributed by atoms with Crippen LogP contribution >= 0.6 is 0 Å². The molecule has 2 rings (SSSR count). The van der Waals surface area contributed by atoms with Crippen LogP contribution in [0.5, 0.6) is 0 Å². The molecule has 1 atom stereocenters. The van der Waals surface area contributed by atoms with Gasteiger partial charge in [0.05, 0.1) is 0 Å². The third kappa shape index (κ3) is 3.05. The molecule has 0 aliphatic carbocycles. The van der Waals surface area contributed by atoms with Crippen molar-refractivity contribution >= 4 is 5.97 Å². The predicted octanol–water partition coefficient (Wildman–Crippen LogP) is 1.03. The maximum Gasteiger partial charge on any atom is 0.322 e. The molecular weight excluding hydrogens is 235 g/mol. The molecule has 18 heavy (non-hydrogen) atoms. The number of carbonyl (C=O) groups is 1. The van der Waals surface area contributed by atoms with E-state index in [0.717, 1.165) is 18.7 Å². The largest absolute Gasteiger partial charge is 0.480 e. The summed E-state index contributed by atoms with van der Waals surface area (Å²) in [5.74, 6) is -1.04. The number of hydrogen-bond acceptors (Lipinski definition) is 3. The standard InChI is InChI=1S/C13H17FN2O2/c1-15-6-7-16(9-12(15)13(17)18)8-10-2-4-11(14)5-3-10/h2-5,12H,6-9H2,1H3,(H,17,18). The van der Waals surface area contributed by atoms with Crippen LogP contribution in [0.1, 0.15) is 5.56 Å². The van der Waals surface area contributed by atoms with Gasteiger partial charge in [0.1, 0.15) is 11.9 Å². The van der Waals surface area contributed by atoms with Gasteiger partial charge >= 0.3 is 5.97 Å². The van der Waals surface area contributed by atoms with Crippen molar-refractivity contribution in [1.29, 1.82) is 0 Å². The Morgan fingerprint density at radius 1 is 1.39 bits per heavy atom. The van der Waals surface area contributed by atoms with Crippen LogP contribution in [0.4, 0.5) is 4.39 Å². The number of nitrogens with zero attached hydrogens (tertiary/aromatic N) is 2. The van der Waals surface area contributed by atoms with Crippen molar-refractivity contribution in [3.8, 4) is 0 Å². The summed E-state index contributed by atoms with van der Waals surface area (Å²) in [7, 11) is 1.83. The molecule has 0 bridgehead atoms. The minimum atomic E-state index is -0.790. The van der Waals surface area contributed by atoms with E-state index < -0.39 is 12.0 Å². The van der Waals surface area contributed by atoms with Crippen LogP contribution in [0.15, 0.2) is 24.3 Å². The van der Waals surface area contributed by atoms with Crippen LogP contribution in [0.3, 0.4) is 0 Å². The second-order valence-electron chi connectivity index (χ2n) is 4.70. The highest BCUT2D eigenvalue weighted by Gasteiger charge is 2.29. The number of carboxylic acid groups (broad SMARTS) is 1. The van der Waals surface area contributed by atoms with Crippen LogP contribution in [-0.2, 0) is 11.3 Å². The van der Waals surface area contributed by atoms with Crippen molar-refractivity contribution in [3.05, 3.63) is 35.6 Å². The lowest BCUT2D eigenvalue weighted by molar-refractivity contribution is -0.145. The summed E-state index contributed by atoms with van der Waals surface area (Å²) in [4.78, 5) is 15.0.